The number of ketones is 1. The highest BCUT2D eigenvalue weighted by Crippen LogP contribution is 2.11. The zero-order chi connectivity index (χ0) is 14.4. The molecule has 0 bridgehead atoms. The minimum atomic E-state index is -0.128. The van der Waals surface area contributed by atoms with E-state index in [1.54, 1.807) is 12.1 Å². The summed E-state index contributed by atoms with van der Waals surface area (Å²) < 4.78 is 0. The van der Waals surface area contributed by atoms with Crippen molar-refractivity contribution in [3.63, 3.8) is 0 Å². The first-order chi connectivity index (χ1) is 8.88. The number of hydrogen-bond donors (Lipinski definition) is 2. The largest absolute Gasteiger partial charge is 0.352 e. The maximum absolute atomic E-state index is 11.5. The molecule has 2 N–H and O–H groups in total. The summed E-state index contributed by atoms with van der Waals surface area (Å²) in [6.45, 7) is 5.09. The molecule has 19 heavy (non-hydrogen) atoms. The summed E-state index contributed by atoms with van der Waals surface area (Å²) in [7, 11) is 0. The lowest BCUT2D eigenvalue weighted by Gasteiger charge is -2.09. The predicted octanol–water partition coefficient (Wildman–Crippen LogP) is 1.16. The molecule has 0 radical (unpaired) electrons. The van der Waals surface area contributed by atoms with Crippen molar-refractivity contribution in [1.29, 1.82) is 0 Å². The fourth-order valence-corrected chi connectivity index (χ4v) is 1.62. The summed E-state index contributed by atoms with van der Waals surface area (Å²) in [4.78, 5) is 33.3. The maximum Gasteiger partial charge on any atom is 0.217 e. The first-order valence-corrected chi connectivity index (χ1v) is 6.01. The molecule has 0 unspecified atom stereocenters. The van der Waals surface area contributed by atoms with Gasteiger partial charge in [-0.3, -0.25) is 14.4 Å². The van der Waals surface area contributed by atoms with Gasteiger partial charge in [-0.1, -0.05) is 6.07 Å². The lowest BCUT2D eigenvalue weighted by atomic mass is 10.0. The molecular formula is C14H18N2O3. The van der Waals surface area contributed by atoms with Gasteiger partial charge in [-0.25, -0.2) is 0 Å². The third-order valence-electron chi connectivity index (χ3n) is 2.54. The molecule has 0 aromatic heterocycles. The molecule has 0 saturated heterocycles. The topological polar surface area (TPSA) is 75.3 Å². The lowest BCUT2D eigenvalue weighted by molar-refractivity contribution is -0.119. The first-order valence-electron chi connectivity index (χ1n) is 6.01. The Bertz CT molecular complexity index is 473. The predicted molar refractivity (Wildman–Crippen MR) is 71.5 cm³/mol. The van der Waals surface area contributed by atoms with Gasteiger partial charge in [0.1, 0.15) is 0 Å². The third kappa shape index (κ3) is 5.33. The van der Waals surface area contributed by atoms with Crippen molar-refractivity contribution >= 4 is 17.6 Å². The number of nitrogens with one attached hydrogen (secondary N) is 2. The van der Waals surface area contributed by atoms with Crippen molar-refractivity contribution < 1.29 is 14.4 Å². The van der Waals surface area contributed by atoms with Crippen molar-refractivity contribution in [3.05, 3.63) is 34.9 Å². The molecule has 0 atom stereocenters. The molecule has 0 fully saturated rings. The van der Waals surface area contributed by atoms with Crippen LogP contribution in [0, 0.1) is 0 Å². The molecule has 0 heterocycles. The Hall–Kier alpha value is -2.17. The molecule has 5 nitrogen and oxygen atoms in total. The Morgan fingerprint density at radius 1 is 0.842 bits per heavy atom. The van der Waals surface area contributed by atoms with Gasteiger partial charge in [0.25, 0.3) is 0 Å². The Morgan fingerprint density at radius 3 is 1.58 bits per heavy atom. The molecule has 0 aliphatic rings. The Labute approximate surface area is 112 Å². The highest BCUT2D eigenvalue weighted by molar-refractivity contribution is 5.94. The second kappa shape index (κ2) is 6.68. The number of hydrogen-bond acceptors (Lipinski definition) is 3. The second-order valence-corrected chi connectivity index (χ2v) is 4.41. The third-order valence-corrected chi connectivity index (χ3v) is 2.54. The molecular weight excluding hydrogens is 244 g/mol. The number of carbonyl (C=O) groups excluding carboxylic acids is 3. The second-order valence-electron chi connectivity index (χ2n) is 4.41. The molecule has 2 amide bonds. The zero-order valence-corrected chi connectivity index (χ0v) is 11.4. The van der Waals surface area contributed by atoms with E-state index in [1.807, 2.05) is 6.07 Å². The van der Waals surface area contributed by atoms with Gasteiger partial charge in [0.2, 0.25) is 11.8 Å². The first kappa shape index (κ1) is 14.9. The number of amides is 2. The maximum atomic E-state index is 11.5. The van der Waals surface area contributed by atoms with Gasteiger partial charge in [-0.15, -0.1) is 0 Å². The molecule has 0 spiro atoms. The normalized spacial score (nSPS) is 9.84. The fourth-order valence-electron chi connectivity index (χ4n) is 1.62. The van der Waals surface area contributed by atoms with Crippen LogP contribution < -0.4 is 10.6 Å². The van der Waals surface area contributed by atoms with Gasteiger partial charge >= 0.3 is 0 Å². The van der Waals surface area contributed by atoms with Crippen LogP contribution in [-0.4, -0.2) is 17.6 Å². The van der Waals surface area contributed by atoms with E-state index in [1.165, 1.54) is 20.8 Å². The van der Waals surface area contributed by atoms with E-state index in [0.717, 1.165) is 11.1 Å². The smallest absolute Gasteiger partial charge is 0.217 e. The molecule has 1 aromatic rings. The SMILES string of the molecule is CC(=O)NCc1cc(CNC(C)=O)cc(C(C)=O)c1. The highest BCUT2D eigenvalue weighted by Gasteiger charge is 2.06. The Morgan fingerprint density at radius 2 is 1.26 bits per heavy atom. The molecule has 0 saturated carbocycles. The zero-order valence-electron chi connectivity index (χ0n) is 11.4. The van der Waals surface area contributed by atoms with E-state index >= 15 is 0 Å². The minimum absolute atomic E-state index is 0.0475. The number of carbonyl (C=O) groups is 3. The quantitative estimate of drug-likeness (QED) is 0.782. The number of Topliss-reactive ketones (excluding diaryl/α,β-unsaturated/α-hetero) is 1. The van der Waals surface area contributed by atoms with Crippen LogP contribution in [0.2, 0.25) is 0 Å². The van der Waals surface area contributed by atoms with Gasteiger partial charge < -0.3 is 10.6 Å². The van der Waals surface area contributed by atoms with Gasteiger partial charge in [-0.05, 0) is 30.2 Å². The molecule has 0 aliphatic heterocycles. The lowest BCUT2D eigenvalue weighted by Crippen LogP contribution is -2.21. The highest BCUT2D eigenvalue weighted by atomic mass is 16.2. The van der Waals surface area contributed by atoms with Crippen LogP contribution in [0.15, 0.2) is 18.2 Å². The Balaban J connectivity index is 2.93. The summed E-state index contributed by atoms with van der Waals surface area (Å²) in [5, 5.41) is 5.36. The van der Waals surface area contributed by atoms with Gasteiger partial charge in [0.05, 0.1) is 0 Å². The van der Waals surface area contributed by atoms with E-state index in [0.29, 0.717) is 18.7 Å². The summed E-state index contributed by atoms with van der Waals surface area (Å²) in [6, 6.07) is 5.35. The van der Waals surface area contributed by atoms with E-state index in [4.69, 9.17) is 0 Å². The van der Waals surface area contributed by atoms with E-state index < -0.39 is 0 Å². The van der Waals surface area contributed by atoms with Crippen LogP contribution in [0.5, 0.6) is 0 Å². The van der Waals surface area contributed by atoms with Crippen molar-refractivity contribution in [2.24, 2.45) is 0 Å². The van der Waals surface area contributed by atoms with Crippen LogP contribution in [0.4, 0.5) is 0 Å². The Kier molecular flexibility index (Phi) is 5.23. The van der Waals surface area contributed by atoms with Crippen molar-refractivity contribution in [3.8, 4) is 0 Å². The van der Waals surface area contributed by atoms with Gasteiger partial charge in [-0.2, -0.15) is 0 Å². The van der Waals surface area contributed by atoms with Gasteiger partial charge in [0, 0.05) is 32.5 Å². The summed E-state index contributed by atoms with van der Waals surface area (Å²) in [5.41, 5.74) is 2.25. The van der Waals surface area contributed by atoms with Crippen molar-refractivity contribution in [1.82, 2.24) is 10.6 Å². The summed E-state index contributed by atoms with van der Waals surface area (Å²) in [5.74, 6) is -0.304. The number of rotatable bonds is 5. The fraction of sp³-hybridized carbons (Fsp3) is 0.357. The van der Waals surface area contributed by atoms with Crippen molar-refractivity contribution in [2.75, 3.05) is 0 Å². The van der Waals surface area contributed by atoms with Crippen LogP contribution in [-0.2, 0) is 22.7 Å². The molecule has 1 aromatic carbocycles. The summed E-state index contributed by atoms with van der Waals surface area (Å²) >= 11 is 0. The van der Waals surface area contributed by atoms with Gasteiger partial charge in [0.15, 0.2) is 5.78 Å². The summed E-state index contributed by atoms with van der Waals surface area (Å²) in [6.07, 6.45) is 0. The van der Waals surface area contributed by atoms with E-state index in [9.17, 15) is 14.4 Å². The van der Waals surface area contributed by atoms with Crippen molar-refractivity contribution in [2.45, 2.75) is 33.9 Å². The number of benzene rings is 1. The molecule has 5 heteroatoms. The molecule has 1 rings (SSSR count). The average molecular weight is 262 g/mol. The average Bonchev–Trinajstić information content (AvgIpc) is 2.33. The molecule has 0 aliphatic carbocycles. The van der Waals surface area contributed by atoms with E-state index in [-0.39, 0.29) is 17.6 Å². The van der Waals surface area contributed by atoms with Crippen LogP contribution in [0.25, 0.3) is 0 Å². The van der Waals surface area contributed by atoms with Crippen LogP contribution in [0.1, 0.15) is 42.3 Å². The standard InChI is InChI=1S/C14H18N2O3/c1-9(17)14-5-12(7-15-10(2)18)4-13(6-14)8-16-11(3)19/h4-6H,7-8H2,1-3H3,(H,15,18)(H,16,19). The van der Waals surface area contributed by atoms with E-state index in [2.05, 4.69) is 10.6 Å². The monoisotopic (exact) mass is 262 g/mol. The van der Waals surface area contributed by atoms with Crippen LogP contribution in [0.3, 0.4) is 0 Å². The van der Waals surface area contributed by atoms with Crippen LogP contribution >= 0.6 is 0 Å². The minimum Gasteiger partial charge on any atom is -0.352 e. The molecule has 102 valence electrons.